The van der Waals surface area contributed by atoms with Crippen LogP contribution < -0.4 is 24.3 Å². The number of ether oxygens (including phenoxy) is 4. The molecule has 5 nitrogen and oxygen atoms in total. The Morgan fingerprint density at radius 1 is 1.16 bits per heavy atom. The van der Waals surface area contributed by atoms with Crippen LogP contribution in [-0.2, 0) is 12.8 Å². The van der Waals surface area contributed by atoms with E-state index in [9.17, 15) is 0 Å². The Kier molecular flexibility index (Phi) is 4.48. The van der Waals surface area contributed by atoms with Gasteiger partial charge in [0.05, 0.1) is 18.7 Å². The van der Waals surface area contributed by atoms with Crippen molar-refractivity contribution < 1.29 is 18.9 Å². The van der Waals surface area contributed by atoms with E-state index in [2.05, 4.69) is 39.4 Å². The molecule has 1 N–H and O–H groups in total. The van der Waals surface area contributed by atoms with Crippen LogP contribution >= 0.6 is 15.9 Å². The summed E-state index contributed by atoms with van der Waals surface area (Å²) in [5.41, 5.74) is 3.77. The minimum Gasteiger partial charge on any atom is -0.493 e. The van der Waals surface area contributed by atoms with Gasteiger partial charge in [-0.2, -0.15) is 0 Å². The normalized spacial score (nSPS) is 18.0. The highest BCUT2D eigenvalue weighted by Crippen LogP contribution is 2.42. The number of methoxy groups -OCH3 is 2. The maximum absolute atomic E-state index is 5.56. The largest absolute Gasteiger partial charge is 0.493 e. The minimum absolute atomic E-state index is 0.215. The Balaban J connectivity index is 1.67. The van der Waals surface area contributed by atoms with Crippen molar-refractivity contribution in [3.63, 3.8) is 0 Å². The third kappa shape index (κ3) is 2.93. The summed E-state index contributed by atoms with van der Waals surface area (Å²) in [5, 5.41) is 3.62. The fourth-order valence-corrected chi connectivity index (χ4v) is 4.17. The molecule has 0 amide bonds. The van der Waals surface area contributed by atoms with Crippen LogP contribution in [0.5, 0.6) is 23.0 Å². The maximum atomic E-state index is 5.56. The maximum Gasteiger partial charge on any atom is 0.231 e. The van der Waals surface area contributed by atoms with Crippen molar-refractivity contribution >= 4 is 15.9 Å². The summed E-state index contributed by atoms with van der Waals surface area (Å²) in [6, 6.07) is 8.47. The molecule has 0 saturated heterocycles. The number of hydrogen-bond acceptors (Lipinski definition) is 5. The first-order chi connectivity index (χ1) is 12.2. The molecule has 2 aliphatic heterocycles. The van der Waals surface area contributed by atoms with Gasteiger partial charge in [-0.3, -0.25) is 0 Å². The molecular weight excluding hydrogens is 386 g/mol. The summed E-state index contributed by atoms with van der Waals surface area (Å²) in [4.78, 5) is 0. The zero-order valence-corrected chi connectivity index (χ0v) is 15.8. The molecular formula is C19H20BrNO4. The zero-order valence-electron chi connectivity index (χ0n) is 14.2. The fourth-order valence-electron chi connectivity index (χ4n) is 3.52. The number of fused-ring (bicyclic) bond motifs is 2. The van der Waals surface area contributed by atoms with E-state index < -0.39 is 0 Å². The number of nitrogens with one attached hydrogen (secondary N) is 1. The highest BCUT2D eigenvalue weighted by Gasteiger charge is 2.26. The van der Waals surface area contributed by atoms with Gasteiger partial charge in [0.15, 0.2) is 23.0 Å². The Morgan fingerprint density at radius 2 is 1.96 bits per heavy atom. The molecule has 0 fully saturated rings. The lowest BCUT2D eigenvalue weighted by Crippen LogP contribution is -2.31. The van der Waals surface area contributed by atoms with Crippen LogP contribution in [0.1, 0.15) is 22.7 Å². The molecule has 2 aromatic carbocycles. The van der Waals surface area contributed by atoms with E-state index in [4.69, 9.17) is 18.9 Å². The quantitative estimate of drug-likeness (QED) is 0.841. The van der Waals surface area contributed by atoms with Crippen molar-refractivity contribution in [3.8, 4) is 23.0 Å². The summed E-state index contributed by atoms with van der Waals surface area (Å²) >= 11 is 3.67. The van der Waals surface area contributed by atoms with Crippen molar-refractivity contribution in [2.75, 3.05) is 27.6 Å². The van der Waals surface area contributed by atoms with E-state index in [1.807, 2.05) is 6.07 Å². The van der Waals surface area contributed by atoms with E-state index in [-0.39, 0.29) is 6.04 Å². The van der Waals surface area contributed by atoms with Crippen molar-refractivity contribution in [3.05, 3.63) is 45.4 Å². The highest BCUT2D eigenvalue weighted by atomic mass is 79.9. The first kappa shape index (κ1) is 16.5. The SMILES string of the molecule is COc1ccc(CC2NCCc3cc4c(cc32)OCO4)c(Br)c1OC. The fraction of sp³-hybridized carbons (Fsp3) is 0.368. The number of rotatable bonds is 4. The molecule has 0 radical (unpaired) electrons. The van der Waals surface area contributed by atoms with Gasteiger partial charge in [-0.25, -0.2) is 0 Å². The van der Waals surface area contributed by atoms with Gasteiger partial charge in [0.2, 0.25) is 6.79 Å². The predicted molar refractivity (Wildman–Crippen MR) is 98.0 cm³/mol. The van der Waals surface area contributed by atoms with Gasteiger partial charge >= 0.3 is 0 Å². The molecule has 132 valence electrons. The lowest BCUT2D eigenvalue weighted by molar-refractivity contribution is 0.174. The Morgan fingerprint density at radius 3 is 2.72 bits per heavy atom. The first-order valence-corrected chi connectivity index (χ1v) is 9.05. The van der Waals surface area contributed by atoms with Crippen molar-refractivity contribution in [1.29, 1.82) is 0 Å². The van der Waals surface area contributed by atoms with Crippen molar-refractivity contribution in [1.82, 2.24) is 5.32 Å². The Hall–Kier alpha value is -1.92. The molecule has 1 atom stereocenters. The second-order valence-electron chi connectivity index (χ2n) is 6.14. The Labute approximate surface area is 155 Å². The van der Waals surface area contributed by atoms with E-state index in [1.54, 1.807) is 14.2 Å². The van der Waals surface area contributed by atoms with Crippen LogP contribution in [0.25, 0.3) is 0 Å². The monoisotopic (exact) mass is 405 g/mol. The second-order valence-corrected chi connectivity index (χ2v) is 6.93. The van der Waals surface area contributed by atoms with E-state index in [0.29, 0.717) is 6.79 Å². The molecule has 25 heavy (non-hydrogen) atoms. The first-order valence-electron chi connectivity index (χ1n) is 8.26. The highest BCUT2D eigenvalue weighted by molar-refractivity contribution is 9.10. The summed E-state index contributed by atoms with van der Waals surface area (Å²) in [5.74, 6) is 3.13. The average Bonchev–Trinajstić information content (AvgIpc) is 3.09. The van der Waals surface area contributed by atoms with Gasteiger partial charge < -0.3 is 24.3 Å². The van der Waals surface area contributed by atoms with Gasteiger partial charge in [-0.05, 0) is 70.2 Å². The van der Waals surface area contributed by atoms with Gasteiger partial charge in [-0.1, -0.05) is 6.07 Å². The van der Waals surface area contributed by atoms with Crippen LogP contribution in [0, 0.1) is 0 Å². The van der Waals surface area contributed by atoms with Gasteiger partial charge in [0.1, 0.15) is 0 Å². The molecule has 0 saturated carbocycles. The van der Waals surface area contributed by atoms with Crippen molar-refractivity contribution in [2.24, 2.45) is 0 Å². The molecule has 4 rings (SSSR count). The number of hydrogen-bond donors (Lipinski definition) is 1. The van der Waals surface area contributed by atoms with Crippen LogP contribution in [0.15, 0.2) is 28.7 Å². The average molecular weight is 406 g/mol. The molecule has 2 aliphatic rings. The third-order valence-electron chi connectivity index (χ3n) is 4.78. The smallest absolute Gasteiger partial charge is 0.231 e. The molecule has 0 spiro atoms. The summed E-state index contributed by atoms with van der Waals surface area (Å²) in [6.07, 6.45) is 1.84. The minimum atomic E-state index is 0.215. The van der Waals surface area contributed by atoms with Gasteiger partial charge in [0.25, 0.3) is 0 Å². The molecule has 0 aromatic heterocycles. The number of benzene rings is 2. The van der Waals surface area contributed by atoms with E-state index >= 15 is 0 Å². The van der Waals surface area contributed by atoms with E-state index in [1.165, 1.54) is 16.7 Å². The van der Waals surface area contributed by atoms with Crippen LogP contribution in [0.3, 0.4) is 0 Å². The standard InChI is InChI=1S/C19H20BrNO4/c1-22-15-4-3-12(18(20)19(15)23-2)7-14-13-9-17-16(24-10-25-17)8-11(13)5-6-21-14/h3-4,8-9,14,21H,5-7,10H2,1-2H3. The predicted octanol–water partition coefficient (Wildman–Crippen LogP) is 3.62. The lowest BCUT2D eigenvalue weighted by Gasteiger charge is -2.28. The topological polar surface area (TPSA) is 49.0 Å². The molecule has 2 aromatic rings. The molecule has 1 unspecified atom stereocenters. The van der Waals surface area contributed by atoms with Crippen LogP contribution in [-0.4, -0.2) is 27.6 Å². The van der Waals surface area contributed by atoms with E-state index in [0.717, 1.165) is 46.9 Å². The number of halogens is 1. The summed E-state index contributed by atoms with van der Waals surface area (Å²) < 4.78 is 22.9. The molecule has 0 bridgehead atoms. The summed E-state index contributed by atoms with van der Waals surface area (Å²) in [7, 11) is 3.30. The molecule has 2 heterocycles. The summed E-state index contributed by atoms with van der Waals surface area (Å²) in [6.45, 7) is 1.25. The van der Waals surface area contributed by atoms with Crippen LogP contribution in [0.4, 0.5) is 0 Å². The lowest BCUT2D eigenvalue weighted by atomic mass is 9.90. The third-order valence-corrected chi connectivity index (χ3v) is 5.65. The zero-order chi connectivity index (χ0) is 17.4. The van der Waals surface area contributed by atoms with Crippen molar-refractivity contribution in [2.45, 2.75) is 18.9 Å². The van der Waals surface area contributed by atoms with Gasteiger partial charge in [0, 0.05) is 6.04 Å². The molecule has 0 aliphatic carbocycles. The molecule has 6 heteroatoms. The Bertz CT molecular complexity index is 808. The van der Waals surface area contributed by atoms with Crippen LogP contribution in [0.2, 0.25) is 0 Å². The van der Waals surface area contributed by atoms with Gasteiger partial charge in [-0.15, -0.1) is 0 Å². The second kappa shape index (κ2) is 6.77.